The average Bonchev–Trinajstić information content (AvgIpc) is 3.19. The second-order valence-corrected chi connectivity index (χ2v) is 6.05. The minimum atomic E-state index is -0.516. The smallest absolute Gasteiger partial charge is 0.357 e. The third-order valence-corrected chi connectivity index (χ3v) is 4.11. The van der Waals surface area contributed by atoms with Gasteiger partial charge in [0.2, 0.25) is 5.91 Å². The normalized spacial score (nSPS) is 14.2. The second kappa shape index (κ2) is 6.66. The standard InChI is InChI=1S/C14H16N4O3S/c1-4-5-7-14(17-18-14)8-6-10(19)15-13-16-11(9(2)22-13)12(20)21-3/h1H,5-8H2,2-3H3,(H,15,16,19). The highest BCUT2D eigenvalue weighted by atomic mass is 32.1. The van der Waals surface area contributed by atoms with Crippen molar-refractivity contribution in [1.82, 2.24) is 4.98 Å². The summed E-state index contributed by atoms with van der Waals surface area (Å²) in [5, 5.41) is 11.0. The number of thiazole rings is 1. The summed E-state index contributed by atoms with van der Waals surface area (Å²) in [6.07, 6.45) is 7.26. The van der Waals surface area contributed by atoms with Crippen molar-refractivity contribution in [2.24, 2.45) is 10.2 Å². The molecule has 0 spiro atoms. The summed E-state index contributed by atoms with van der Waals surface area (Å²) in [6, 6.07) is 0. The van der Waals surface area contributed by atoms with E-state index in [1.165, 1.54) is 18.4 Å². The van der Waals surface area contributed by atoms with Crippen molar-refractivity contribution < 1.29 is 14.3 Å². The van der Waals surface area contributed by atoms with Gasteiger partial charge < -0.3 is 10.1 Å². The molecule has 2 heterocycles. The monoisotopic (exact) mass is 320 g/mol. The number of aromatic nitrogens is 1. The Morgan fingerprint density at radius 2 is 2.14 bits per heavy atom. The van der Waals surface area contributed by atoms with Crippen LogP contribution in [-0.2, 0) is 9.53 Å². The number of rotatable bonds is 7. The molecule has 1 N–H and O–H groups in total. The zero-order valence-corrected chi connectivity index (χ0v) is 13.2. The number of carbonyl (C=O) groups is 2. The first-order chi connectivity index (χ1) is 10.5. The topological polar surface area (TPSA) is 93.0 Å². The van der Waals surface area contributed by atoms with Gasteiger partial charge >= 0.3 is 5.97 Å². The first kappa shape index (κ1) is 16.1. The number of esters is 1. The van der Waals surface area contributed by atoms with Crippen LogP contribution in [-0.4, -0.2) is 29.6 Å². The van der Waals surface area contributed by atoms with Gasteiger partial charge in [0.15, 0.2) is 16.5 Å². The molecule has 7 nitrogen and oxygen atoms in total. The van der Waals surface area contributed by atoms with Crippen LogP contribution in [0.25, 0.3) is 0 Å². The lowest BCUT2D eigenvalue weighted by atomic mass is 10.0. The molecule has 0 unspecified atom stereocenters. The van der Waals surface area contributed by atoms with Crippen LogP contribution >= 0.6 is 11.3 Å². The lowest BCUT2D eigenvalue weighted by Gasteiger charge is -2.07. The Morgan fingerprint density at radius 1 is 1.41 bits per heavy atom. The van der Waals surface area contributed by atoms with Gasteiger partial charge in [-0.2, -0.15) is 10.2 Å². The number of ether oxygens (including phenoxy) is 1. The Hall–Kier alpha value is -2.27. The molecule has 0 atom stereocenters. The molecule has 1 amide bonds. The molecule has 0 saturated heterocycles. The lowest BCUT2D eigenvalue weighted by Crippen LogP contribution is -2.17. The Kier molecular flexibility index (Phi) is 4.88. The molecule has 0 bridgehead atoms. The summed E-state index contributed by atoms with van der Waals surface area (Å²) >= 11 is 1.23. The Morgan fingerprint density at radius 3 is 2.73 bits per heavy atom. The van der Waals surface area contributed by atoms with Gasteiger partial charge in [0.1, 0.15) is 0 Å². The number of hydrogen-bond acceptors (Lipinski definition) is 7. The molecule has 1 aromatic rings. The maximum absolute atomic E-state index is 11.9. The van der Waals surface area contributed by atoms with E-state index in [1.54, 1.807) is 6.92 Å². The highest BCUT2D eigenvalue weighted by Gasteiger charge is 2.39. The Balaban J connectivity index is 1.85. The van der Waals surface area contributed by atoms with E-state index in [0.717, 1.165) is 0 Å². The zero-order valence-electron chi connectivity index (χ0n) is 12.4. The maximum Gasteiger partial charge on any atom is 0.357 e. The molecule has 116 valence electrons. The first-order valence-corrected chi connectivity index (χ1v) is 7.54. The average molecular weight is 320 g/mol. The minimum absolute atomic E-state index is 0.192. The summed E-state index contributed by atoms with van der Waals surface area (Å²) < 4.78 is 4.62. The molecule has 1 aliphatic heterocycles. The number of amides is 1. The van der Waals surface area contributed by atoms with Crippen LogP contribution < -0.4 is 5.32 Å². The summed E-state index contributed by atoms with van der Waals surface area (Å²) in [5.74, 6) is 1.84. The highest BCUT2D eigenvalue weighted by Crippen LogP contribution is 2.37. The van der Waals surface area contributed by atoms with Gasteiger partial charge in [-0.05, 0) is 6.92 Å². The predicted octanol–water partition coefficient (Wildman–Crippen LogP) is 2.53. The van der Waals surface area contributed by atoms with Crippen molar-refractivity contribution in [3.05, 3.63) is 10.6 Å². The van der Waals surface area contributed by atoms with Crippen molar-refractivity contribution in [2.75, 3.05) is 12.4 Å². The quantitative estimate of drug-likeness (QED) is 0.617. The van der Waals surface area contributed by atoms with Crippen molar-refractivity contribution >= 4 is 28.3 Å². The highest BCUT2D eigenvalue weighted by molar-refractivity contribution is 7.16. The zero-order chi connectivity index (χ0) is 16.2. The largest absolute Gasteiger partial charge is 0.464 e. The molecular formula is C14H16N4O3S. The van der Waals surface area contributed by atoms with Crippen LogP contribution in [0.15, 0.2) is 10.2 Å². The van der Waals surface area contributed by atoms with Crippen LogP contribution in [0.4, 0.5) is 5.13 Å². The summed E-state index contributed by atoms with van der Waals surface area (Å²) in [6.45, 7) is 1.75. The van der Waals surface area contributed by atoms with Gasteiger partial charge in [-0.3, -0.25) is 4.79 Å². The van der Waals surface area contributed by atoms with E-state index in [2.05, 4.69) is 31.2 Å². The molecular weight excluding hydrogens is 304 g/mol. The van der Waals surface area contributed by atoms with Crippen molar-refractivity contribution in [3.63, 3.8) is 0 Å². The van der Waals surface area contributed by atoms with E-state index in [4.69, 9.17) is 6.42 Å². The first-order valence-electron chi connectivity index (χ1n) is 6.73. The molecule has 8 heteroatoms. The van der Waals surface area contributed by atoms with Gasteiger partial charge in [0.25, 0.3) is 0 Å². The van der Waals surface area contributed by atoms with Crippen molar-refractivity contribution in [1.29, 1.82) is 0 Å². The molecule has 22 heavy (non-hydrogen) atoms. The van der Waals surface area contributed by atoms with Crippen LogP contribution in [0.3, 0.4) is 0 Å². The number of carbonyl (C=O) groups excluding carboxylic acids is 2. The fourth-order valence-corrected chi connectivity index (χ4v) is 2.72. The third-order valence-electron chi connectivity index (χ3n) is 3.23. The number of nitrogens with zero attached hydrogens (tertiary/aromatic N) is 3. The molecule has 1 aliphatic rings. The molecule has 0 saturated carbocycles. The van der Waals surface area contributed by atoms with Crippen LogP contribution in [0.5, 0.6) is 0 Å². The van der Waals surface area contributed by atoms with E-state index in [0.29, 0.717) is 29.3 Å². The van der Waals surface area contributed by atoms with E-state index >= 15 is 0 Å². The second-order valence-electron chi connectivity index (χ2n) is 4.85. The summed E-state index contributed by atoms with van der Waals surface area (Å²) in [4.78, 5) is 28.2. The number of nitrogens with one attached hydrogen (secondary N) is 1. The Labute approximate surface area is 132 Å². The number of methoxy groups -OCH3 is 1. The number of terminal acetylenes is 1. The fraction of sp³-hybridized carbons (Fsp3) is 0.500. The van der Waals surface area contributed by atoms with E-state index in [-0.39, 0.29) is 18.0 Å². The van der Waals surface area contributed by atoms with Crippen molar-refractivity contribution in [2.45, 2.75) is 38.3 Å². The van der Waals surface area contributed by atoms with Crippen LogP contribution in [0.1, 0.15) is 41.0 Å². The van der Waals surface area contributed by atoms with Gasteiger partial charge in [-0.15, -0.1) is 23.7 Å². The molecule has 0 fully saturated rings. The van der Waals surface area contributed by atoms with Gasteiger partial charge in [-0.1, -0.05) is 0 Å². The van der Waals surface area contributed by atoms with Crippen molar-refractivity contribution in [3.8, 4) is 12.3 Å². The maximum atomic E-state index is 11.9. The number of aryl methyl sites for hydroxylation is 1. The molecule has 0 radical (unpaired) electrons. The fourth-order valence-electron chi connectivity index (χ4n) is 1.90. The lowest BCUT2D eigenvalue weighted by molar-refractivity contribution is -0.116. The van der Waals surface area contributed by atoms with E-state index in [9.17, 15) is 9.59 Å². The Bertz CT molecular complexity index is 654. The van der Waals surface area contributed by atoms with E-state index < -0.39 is 11.6 Å². The molecule has 0 aromatic carbocycles. The SMILES string of the molecule is C#CCCC1(CCC(=O)Nc2nc(C(=O)OC)c(C)s2)N=N1. The van der Waals surface area contributed by atoms with Crippen LogP contribution in [0, 0.1) is 19.3 Å². The summed E-state index contributed by atoms with van der Waals surface area (Å²) in [7, 11) is 1.29. The van der Waals surface area contributed by atoms with Gasteiger partial charge in [-0.25, -0.2) is 9.78 Å². The molecule has 2 rings (SSSR count). The third kappa shape index (κ3) is 3.89. The number of anilines is 1. The molecule has 0 aliphatic carbocycles. The van der Waals surface area contributed by atoms with E-state index in [1.807, 2.05) is 0 Å². The van der Waals surface area contributed by atoms with Crippen LogP contribution in [0.2, 0.25) is 0 Å². The van der Waals surface area contributed by atoms with Gasteiger partial charge in [0, 0.05) is 30.6 Å². The number of hydrogen-bond donors (Lipinski definition) is 1. The summed E-state index contributed by atoms with van der Waals surface area (Å²) in [5.41, 5.74) is -0.250. The predicted molar refractivity (Wildman–Crippen MR) is 81.7 cm³/mol. The minimum Gasteiger partial charge on any atom is -0.464 e. The van der Waals surface area contributed by atoms with Gasteiger partial charge in [0.05, 0.1) is 7.11 Å². The molecule has 1 aromatic heterocycles.